The monoisotopic (exact) mass is 384 g/mol. The molecule has 2 N–H and O–H groups in total. The molecule has 2 aromatic rings. The molecule has 7 heteroatoms. The summed E-state index contributed by atoms with van der Waals surface area (Å²) in [5.41, 5.74) is 0.149. The van der Waals surface area contributed by atoms with Gasteiger partial charge in [-0.05, 0) is 36.1 Å². The molecule has 2 amide bonds. The van der Waals surface area contributed by atoms with Crippen LogP contribution in [0.15, 0.2) is 40.2 Å². The minimum atomic E-state index is -0.492. The average molecular weight is 385 g/mol. The number of hydrogen-bond donors (Lipinski definition) is 2. The van der Waals surface area contributed by atoms with E-state index >= 15 is 0 Å². The summed E-state index contributed by atoms with van der Waals surface area (Å²) < 4.78 is 14.2. The number of carbonyl (C=O) groups is 2. The van der Waals surface area contributed by atoms with Crippen molar-refractivity contribution in [2.24, 2.45) is 0 Å². The molecule has 0 aliphatic rings. The number of amides is 2. The normalized spacial score (nSPS) is 10.3. The lowest BCUT2D eigenvalue weighted by Crippen LogP contribution is -2.24. The molecule has 0 saturated heterocycles. The molecule has 1 aromatic carbocycles. The molecule has 0 radical (unpaired) electrons. The van der Waals surface area contributed by atoms with E-state index < -0.39 is 5.82 Å². The Morgan fingerprint density at radius 3 is 2.77 bits per heavy atom. The predicted octanol–water partition coefficient (Wildman–Crippen LogP) is 3.80. The Morgan fingerprint density at radius 2 is 2.09 bits per heavy atom. The second-order valence-electron chi connectivity index (χ2n) is 4.51. The number of carbonyl (C=O) groups excluding carboxylic acids is 2. The van der Waals surface area contributed by atoms with Crippen LogP contribution in [0.2, 0.25) is 0 Å². The highest BCUT2D eigenvalue weighted by molar-refractivity contribution is 9.10. The molecule has 0 bridgehead atoms. The van der Waals surface area contributed by atoms with Crippen LogP contribution in [0.3, 0.4) is 0 Å². The van der Waals surface area contributed by atoms with E-state index in [2.05, 4.69) is 26.6 Å². The largest absolute Gasteiger partial charge is 0.351 e. The molecule has 0 atom stereocenters. The summed E-state index contributed by atoms with van der Waals surface area (Å²) >= 11 is 4.51. The highest BCUT2D eigenvalue weighted by Gasteiger charge is 2.08. The van der Waals surface area contributed by atoms with E-state index in [9.17, 15) is 14.0 Å². The standard InChI is InChI=1S/C15H14BrFN2O2S/c16-10-5-6-12(11(17)9-10)19-14(20)4-1-7-18-15(21)13-3-2-8-22-13/h2-3,5-6,8-9H,1,4,7H2,(H,18,21)(H,19,20). The van der Waals surface area contributed by atoms with Crippen molar-refractivity contribution in [3.8, 4) is 0 Å². The molecule has 0 spiro atoms. The van der Waals surface area contributed by atoms with E-state index in [1.165, 1.54) is 23.5 Å². The fraction of sp³-hybridized carbons (Fsp3) is 0.200. The van der Waals surface area contributed by atoms with E-state index in [1.54, 1.807) is 18.2 Å². The number of anilines is 1. The predicted molar refractivity (Wildman–Crippen MR) is 88.6 cm³/mol. The zero-order chi connectivity index (χ0) is 15.9. The SMILES string of the molecule is O=C(CCCNC(=O)c1cccs1)Nc1ccc(Br)cc1F. The van der Waals surface area contributed by atoms with Gasteiger partial charge in [0.2, 0.25) is 5.91 Å². The minimum Gasteiger partial charge on any atom is -0.351 e. The molecule has 0 fully saturated rings. The zero-order valence-electron chi connectivity index (χ0n) is 11.6. The van der Waals surface area contributed by atoms with E-state index in [4.69, 9.17) is 0 Å². The van der Waals surface area contributed by atoms with Crippen molar-refractivity contribution >= 4 is 44.8 Å². The van der Waals surface area contributed by atoms with Gasteiger partial charge in [0, 0.05) is 17.4 Å². The zero-order valence-corrected chi connectivity index (χ0v) is 14.0. The summed E-state index contributed by atoms with van der Waals surface area (Å²) in [5.74, 6) is -0.922. The summed E-state index contributed by atoms with van der Waals surface area (Å²) in [6, 6.07) is 7.98. The van der Waals surface area contributed by atoms with Crippen LogP contribution in [0.25, 0.3) is 0 Å². The molecule has 4 nitrogen and oxygen atoms in total. The Morgan fingerprint density at radius 1 is 1.27 bits per heavy atom. The first-order valence-corrected chi connectivity index (χ1v) is 8.30. The molecule has 0 aliphatic heterocycles. The molecule has 2 rings (SSSR count). The van der Waals surface area contributed by atoms with Crippen molar-refractivity contribution in [3.05, 3.63) is 50.9 Å². The van der Waals surface area contributed by atoms with Crippen LogP contribution in [0.4, 0.5) is 10.1 Å². The van der Waals surface area contributed by atoms with E-state index in [0.717, 1.165) is 0 Å². The summed E-state index contributed by atoms with van der Waals surface area (Å²) in [6.07, 6.45) is 0.696. The molecule has 1 aromatic heterocycles. The van der Waals surface area contributed by atoms with Gasteiger partial charge >= 0.3 is 0 Å². The first-order chi connectivity index (χ1) is 10.6. The molecule has 0 unspecified atom stereocenters. The van der Waals surface area contributed by atoms with Gasteiger partial charge in [0.05, 0.1) is 10.6 Å². The Kier molecular flexibility index (Phi) is 6.09. The topological polar surface area (TPSA) is 58.2 Å². The Hall–Kier alpha value is -1.73. The summed E-state index contributed by atoms with van der Waals surface area (Å²) in [6.45, 7) is 0.396. The number of nitrogens with one attached hydrogen (secondary N) is 2. The second kappa shape index (κ2) is 8.05. The number of thiophene rings is 1. The lowest BCUT2D eigenvalue weighted by atomic mass is 10.2. The summed E-state index contributed by atoms with van der Waals surface area (Å²) in [4.78, 5) is 24.0. The van der Waals surface area contributed by atoms with Gasteiger partial charge in [-0.15, -0.1) is 11.3 Å². The molecule has 1 heterocycles. The summed E-state index contributed by atoms with van der Waals surface area (Å²) in [5, 5.41) is 7.07. The van der Waals surface area contributed by atoms with E-state index in [0.29, 0.717) is 22.3 Å². The molecular formula is C15H14BrFN2O2S. The maximum absolute atomic E-state index is 13.6. The van der Waals surface area contributed by atoms with Gasteiger partial charge in [-0.1, -0.05) is 22.0 Å². The lowest BCUT2D eigenvalue weighted by Gasteiger charge is -2.07. The number of benzene rings is 1. The maximum Gasteiger partial charge on any atom is 0.261 e. The summed E-state index contributed by atoms with van der Waals surface area (Å²) in [7, 11) is 0. The van der Waals surface area contributed by atoms with Gasteiger partial charge in [0.1, 0.15) is 5.82 Å². The van der Waals surface area contributed by atoms with Crippen molar-refractivity contribution < 1.29 is 14.0 Å². The first-order valence-electron chi connectivity index (χ1n) is 6.63. The van der Waals surface area contributed by atoms with Gasteiger partial charge in [0.25, 0.3) is 5.91 Å². The lowest BCUT2D eigenvalue weighted by molar-refractivity contribution is -0.116. The van der Waals surface area contributed by atoms with E-state index in [-0.39, 0.29) is 23.9 Å². The Labute approximate surface area is 139 Å². The van der Waals surface area contributed by atoms with Crippen LogP contribution < -0.4 is 10.6 Å². The highest BCUT2D eigenvalue weighted by atomic mass is 79.9. The van der Waals surface area contributed by atoms with Crippen molar-refractivity contribution in [1.82, 2.24) is 5.32 Å². The minimum absolute atomic E-state index is 0.144. The average Bonchev–Trinajstić information content (AvgIpc) is 3.01. The third-order valence-corrected chi connectivity index (χ3v) is 4.18. The van der Waals surface area contributed by atoms with Crippen molar-refractivity contribution in [3.63, 3.8) is 0 Å². The van der Waals surface area contributed by atoms with Crippen LogP contribution >= 0.6 is 27.3 Å². The number of rotatable bonds is 6. The van der Waals surface area contributed by atoms with Crippen LogP contribution in [-0.4, -0.2) is 18.4 Å². The highest BCUT2D eigenvalue weighted by Crippen LogP contribution is 2.19. The maximum atomic E-state index is 13.6. The van der Waals surface area contributed by atoms with Crippen LogP contribution in [-0.2, 0) is 4.79 Å². The Balaban J connectivity index is 1.71. The van der Waals surface area contributed by atoms with Gasteiger partial charge in [-0.25, -0.2) is 4.39 Å². The quantitative estimate of drug-likeness (QED) is 0.744. The number of halogens is 2. The molecule has 22 heavy (non-hydrogen) atoms. The van der Waals surface area contributed by atoms with Crippen molar-refractivity contribution in [2.75, 3.05) is 11.9 Å². The van der Waals surface area contributed by atoms with Gasteiger partial charge < -0.3 is 10.6 Å². The molecule has 0 aliphatic carbocycles. The van der Waals surface area contributed by atoms with E-state index in [1.807, 2.05) is 5.38 Å². The fourth-order valence-electron chi connectivity index (χ4n) is 1.75. The second-order valence-corrected chi connectivity index (χ2v) is 6.37. The van der Waals surface area contributed by atoms with Crippen LogP contribution in [0, 0.1) is 5.82 Å². The van der Waals surface area contributed by atoms with Crippen molar-refractivity contribution in [1.29, 1.82) is 0 Å². The third-order valence-electron chi connectivity index (χ3n) is 2.82. The molecular weight excluding hydrogens is 371 g/mol. The molecule has 116 valence electrons. The van der Waals surface area contributed by atoms with Crippen LogP contribution in [0.1, 0.15) is 22.5 Å². The van der Waals surface area contributed by atoms with Crippen molar-refractivity contribution in [2.45, 2.75) is 12.8 Å². The Bertz CT molecular complexity index is 662. The smallest absolute Gasteiger partial charge is 0.261 e. The molecule has 0 saturated carbocycles. The number of hydrogen-bond acceptors (Lipinski definition) is 3. The fourth-order valence-corrected chi connectivity index (χ4v) is 2.72. The first kappa shape index (κ1) is 16.6. The third kappa shape index (κ3) is 4.92. The van der Waals surface area contributed by atoms with Gasteiger partial charge in [0.15, 0.2) is 0 Å². The van der Waals surface area contributed by atoms with Gasteiger partial charge in [-0.2, -0.15) is 0 Å². The van der Waals surface area contributed by atoms with Crippen LogP contribution in [0.5, 0.6) is 0 Å². The van der Waals surface area contributed by atoms with Gasteiger partial charge in [-0.3, -0.25) is 9.59 Å².